The Morgan fingerprint density at radius 3 is 3.06 bits per heavy atom. The van der Waals surface area contributed by atoms with Crippen LogP contribution in [0.4, 0.5) is 4.39 Å². The Balaban J connectivity index is 1.66. The Kier molecular flexibility index (Phi) is 3.08. The molecule has 0 spiro atoms. The van der Waals surface area contributed by atoms with Gasteiger partial charge < -0.3 is 5.32 Å². The van der Waals surface area contributed by atoms with Crippen LogP contribution >= 0.6 is 0 Å². The Hall–Kier alpha value is -1.00. The number of nitrogens with one attached hydrogen (secondary N) is 1. The zero-order chi connectivity index (χ0) is 12.6. The maximum atomic E-state index is 13.1. The number of piperazine rings is 1. The van der Waals surface area contributed by atoms with Crippen LogP contribution in [0.2, 0.25) is 0 Å². The van der Waals surface area contributed by atoms with E-state index in [1.54, 1.807) is 12.3 Å². The highest BCUT2D eigenvalue weighted by atomic mass is 19.1. The van der Waals surface area contributed by atoms with Gasteiger partial charge in [0, 0.05) is 37.9 Å². The molecule has 4 heteroatoms. The molecule has 2 fully saturated rings. The second kappa shape index (κ2) is 4.59. The van der Waals surface area contributed by atoms with Crippen LogP contribution in [-0.4, -0.2) is 35.1 Å². The molecule has 0 bridgehead atoms. The first-order valence-corrected chi connectivity index (χ1v) is 6.72. The summed E-state index contributed by atoms with van der Waals surface area (Å²) in [7, 11) is 0. The quantitative estimate of drug-likeness (QED) is 0.885. The van der Waals surface area contributed by atoms with Gasteiger partial charge in [0.2, 0.25) is 0 Å². The first-order valence-electron chi connectivity index (χ1n) is 6.72. The molecule has 1 aromatic heterocycles. The molecule has 1 aliphatic heterocycles. The highest BCUT2D eigenvalue weighted by Gasteiger charge is 2.43. The fourth-order valence-electron chi connectivity index (χ4n) is 3.03. The van der Waals surface area contributed by atoms with Crippen molar-refractivity contribution < 1.29 is 4.39 Å². The summed E-state index contributed by atoms with van der Waals surface area (Å²) in [5, 5.41) is 3.65. The van der Waals surface area contributed by atoms with Crippen LogP contribution in [0.3, 0.4) is 0 Å². The van der Waals surface area contributed by atoms with Crippen molar-refractivity contribution in [3.63, 3.8) is 0 Å². The first-order chi connectivity index (χ1) is 8.66. The molecular formula is C14H20FN3. The highest BCUT2D eigenvalue weighted by Crippen LogP contribution is 2.40. The molecule has 1 N–H and O–H groups in total. The van der Waals surface area contributed by atoms with Gasteiger partial charge in [0.15, 0.2) is 0 Å². The fraction of sp³-hybridized carbons (Fsp3) is 0.643. The molecule has 98 valence electrons. The number of halogens is 1. The van der Waals surface area contributed by atoms with Crippen molar-refractivity contribution in [3.05, 3.63) is 29.8 Å². The Morgan fingerprint density at radius 1 is 1.50 bits per heavy atom. The zero-order valence-electron chi connectivity index (χ0n) is 10.8. The number of nitrogens with zero attached hydrogens (tertiary/aromatic N) is 2. The number of aromatic nitrogens is 1. The van der Waals surface area contributed by atoms with Crippen LogP contribution in [0.15, 0.2) is 18.5 Å². The predicted molar refractivity (Wildman–Crippen MR) is 68.6 cm³/mol. The van der Waals surface area contributed by atoms with E-state index in [0.29, 0.717) is 0 Å². The van der Waals surface area contributed by atoms with Crippen LogP contribution in [0.5, 0.6) is 0 Å². The largest absolute Gasteiger partial charge is 0.309 e. The zero-order valence-corrected chi connectivity index (χ0v) is 10.8. The van der Waals surface area contributed by atoms with Crippen LogP contribution in [0.1, 0.15) is 25.3 Å². The molecule has 3 nitrogen and oxygen atoms in total. The van der Waals surface area contributed by atoms with Crippen molar-refractivity contribution in [3.8, 4) is 0 Å². The van der Waals surface area contributed by atoms with E-state index in [2.05, 4.69) is 22.1 Å². The molecule has 3 rings (SSSR count). The van der Waals surface area contributed by atoms with Gasteiger partial charge in [0.05, 0.1) is 6.20 Å². The van der Waals surface area contributed by atoms with Gasteiger partial charge in [-0.25, -0.2) is 4.39 Å². The molecule has 0 amide bonds. The number of pyridine rings is 1. The second-order valence-electron chi connectivity index (χ2n) is 5.84. The maximum absolute atomic E-state index is 13.1. The van der Waals surface area contributed by atoms with E-state index in [0.717, 1.165) is 37.7 Å². The standard InChI is InChI=1S/C14H20FN3/c1-14(12-2-3-12)10-18(5-4-17-14)9-11-6-13(15)8-16-7-11/h6-8,12,17H,2-5,9-10H2,1H3. The van der Waals surface area contributed by atoms with E-state index in [4.69, 9.17) is 0 Å². The average molecular weight is 249 g/mol. The van der Waals surface area contributed by atoms with Gasteiger partial charge in [-0.3, -0.25) is 9.88 Å². The molecule has 0 radical (unpaired) electrons. The van der Waals surface area contributed by atoms with Gasteiger partial charge in [-0.05, 0) is 37.3 Å². The topological polar surface area (TPSA) is 28.2 Å². The summed E-state index contributed by atoms with van der Waals surface area (Å²) >= 11 is 0. The highest BCUT2D eigenvalue weighted by molar-refractivity contribution is 5.11. The average Bonchev–Trinajstić information content (AvgIpc) is 3.13. The SMILES string of the molecule is CC1(C2CC2)CN(Cc2cncc(F)c2)CCN1. The van der Waals surface area contributed by atoms with Gasteiger partial charge >= 0.3 is 0 Å². The van der Waals surface area contributed by atoms with Crippen molar-refractivity contribution in [2.24, 2.45) is 5.92 Å². The van der Waals surface area contributed by atoms with Crippen molar-refractivity contribution in [2.45, 2.75) is 31.8 Å². The van der Waals surface area contributed by atoms with Gasteiger partial charge in [0.1, 0.15) is 5.82 Å². The summed E-state index contributed by atoms with van der Waals surface area (Å²) < 4.78 is 13.1. The Morgan fingerprint density at radius 2 is 2.33 bits per heavy atom. The van der Waals surface area contributed by atoms with E-state index in [1.165, 1.54) is 19.0 Å². The minimum Gasteiger partial charge on any atom is -0.309 e. The van der Waals surface area contributed by atoms with Gasteiger partial charge in [-0.2, -0.15) is 0 Å². The summed E-state index contributed by atoms with van der Waals surface area (Å²) in [5.41, 5.74) is 1.22. The third-order valence-electron chi connectivity index (χ3n) is 4.16. The van der Waals surface area contributed by atoms with E-state index < -0.39 is 0 Å². The van der Waals surface area contributed by atoms with Gasteiger partial charge in [0.25, 0.3) is 0 Å². The molecule has 1 aromatic rings. The fourth-order valence-corrected chi connectivity index (χ4v) is 3.03. The number of rotatable bonds is 3. The third kappa shape index (κ3) is 2.54. The van der Waals surface area contributed by atoms with Gasteiger partial charge in [-0.15, -0.1) is 0 Å². The van der Waals surface area contributed by atoms with Crippen LogP contribution in [0, 0.1) is 11.7 Å². The van der Waals surface area contributed by atoms with Crippen molar-refractivity contribution >= 4 is 0 Å². The molecule has 1 unspecified atom stereocenters. The molecule has 1 saturated heterocycles. The lowest BCUT2D eigenvalue weighted by molar-refractivity contribution is 0.121. The first kappa shape index (κ1) is 12.1. The van der Waals surface area contributed by atoms with E-state index >= 15 is 0 Å². The molecule has 18 heavy (non-hydrogen) atoms. The Bertz CT molecular complexity index is 433. The van der Waals surface area contributed by atoms with E-state index in [-0.39, 0.29) is 11.4 Å². The third-order valence-corrected chi connectivity index (χ3v) is 4.16. The lowest BCUT2D eigenvalue weighted by Crippen LogP contribution is -2.59. The van der Waals surface area contributed by atoms with Crippen LogP contribution in [0.25, 0.3) is 0 Å². The molecule has 2 aliphatic rings. The lowest BCUT2D eigenvalue weighted by Gasteiger charge is -2.42. The van der Waals surface area contributed by atoms with E-state index in [9.17, 15) is 4.39 Å². The van der Waals surface area contributed by atoms with E-state index in [1.807, 2.05) is 0 Å². The molecule has 0 aromatic carbocycles. The number of hydrogen-bond acceptors (Lipinski definition) is 3. The summed E-state index contributed by atoms with van der Waals surface area (Å²) in [4.78, 5) is 6.32. The minimum absolute atomic E-state index is 0.243. The summed E-state index contributed by atoms with van der Waals surface area (Å²) in [6.07, 6.45) is 5.72. The molecule has 1 saturated carbocycles. The molecule has 1 atom stereocenters. The monoisotopic (exact) mass is 249 g/mol. The lowest BCUT2D eigenvalue weighted by atomic mass is 9.93. The predicted octanol–water partition coefficient (Wildman–Crippen LogP) is 1.79. The normalized spacial score (nSPS) is 29.4. The summed E-state index contributed by atoms with van der Waals surface area (Å²) in [6, 6.07) is 1.59. The maximum Gasteiger partial charge on any atom is 0.141 e. The Labute approximate surface area is 107 Å². The van der Waals surface area contributed by atoms with Gasteiger partial charge in [-0.1, -0.05) is 0 Å². The number of hydrogen-bond donors (Lipinski definition) is 1. The second-order valence-corrected chi connectivity index (χ2v) is 5.84. The van der Waals surface area contributed by atoms with Crippen molar-refractivity contribution in [2.75, 3.05) is 19.6 Å². The molecular weight excluding hydrogens is 229 g/mol. The molecule has 1 aliphatic carbocycles. The smallest absolute Gasteiger partial charge is 0.141 e. The van der Waals surface area contributed by atoms with Crippen molar-refractivity contribution in [1.82, 2.24) is 15.2 Å². The molecule has 2 heterocycles. The summed E-state index contributed by atoms with van der Waals surface area (Å²) in [6.45, 7) is 6.22. The minimum atomic E-state index is -0.243. The van der Waals surface area contributed by atoms with Crippen LogP contribution in [-0.2, 0) is 6.54 Å². The summed E-state index contributed by atoms with van der Waals surface area (Å²) in [5.74, 6) is 0.582. The van der Waals surface area contributed by atoms with Crippen LogP contribution < -0.4 is 5.32 Å². The van der Waals surface area contributed by atoms with Crippen molar-refractivity contribution in [1.29, 1.82) is 0 Å².